The van der Waals surface area contributed by atoms with Gasteiger partial charge in [0.05, 0.1) is 22.2 Å². The van der Waals surface area contributed by atoms with E-state index < -0.39 is 0 Å². The fourth-order valence-electron chi connectivity index (χ4n) is 1.84. The van der Waals surface area contributed by atoms with Gasteiger partial charge >= 0.3 is 0 Å². The molecule has 3 nitrogen and oxygen atoms in total. The Kier molecular flexibility index (Phi) is 5.59. The molecule has 21 heavy (non-hydrogen) atoms. The summed E-state index contributed by atoms with van der Waals surface area (Å²) >= 11 is 18.0. The maximum absolute atomic E-state index is 6.11. The highest BCUT2D eigenvalue weighted by molar-refractivity contribution is 6.43. The molecule has 0 heterocycles. The molecular weight excluding hydrogens is 333 g/mol. The summed E-state index contributed by atoms with van der Waals surface area (Å²) in [5, 5.41) is 1.13. The largest absolute Gasteiger partial charge is 0.497 e. The molecule has 0 saturated carbocycles. The number of halogens is 3. The van der Waals surface area contributed by atoms with Crippen molar-refractivity contribution in [2.24, 2.45) is 5.73 Å². The number of ether oxygens (including phenoxy) is 2. The minimum atomic E-state index is -0.366. The topological polar surface area (TPSA) is 44.5 Å². The zero-order chi connectivity index (χ0) is 15.4. The Bertz CT molecular complexity index is 634. The molecule has 6 heteroatoms. The molecule has 0 fully saturated rings. The fourth-order valence-corrected chi connectivity index (χ4v) is 2.42. The quantitative estimate of drug-likeness (QED) is 0.796. The van der Waals surface area contributed by atoms with E-state index in [4.69, 9.17) is 50.0 Å². The third kappa shape index (κ3) is 3.95. The van der Waals surface area contributed by atoms with Crippen LogP contribution in [-0.2, 0) is 0 Å². The fraction of sp³-hybridized carbons (Fsp3) is 0.200. The van der Waals surface area contributed by atoms with Crippen LogP contribution >= 0.6 is 34.8 Å². The summed E-state index contributed by atoms with van der Waals surface area (Å²) in [5.74, 6) is 1.17. The second-order valence-electron chi connectivity index (χ2n) is 4.32. The highest BCUT2D eigenvalue weighted by atomic mass is 35.5. The van der Waals surface area contributed by atoms with Crippen molar-refractivity contribution in [3.63, 3.8) is 0 Å². The summed E-state index contributed by atoms with van der Waals surface area (Å²) in [5.41, 5.74) is 6.68. The molecule has 0 aliphatic carbocycles. The number of methoxy groups -OCH3 is 1. The summed E-state index contributed by atoms with van der Waals surface area (Å²) in [4.78, 5) is 0. The van der Waals surface area contributed by atoms with Gasteiger partial charge in [-0.25, -0.2) is 0 Å². The summed E-state index contributed by atoms with van der Waals surface area (Å²) in [6.07, 6.45) is -0.366. The van der Waals surface area contributed by atoms with Crippen LogP contribution in [0.1, 0.15) is 11.7 Å². The molecule has 0 spiro atoms. The highest BCUT2D eigenvalue weighted by Crippen LogP contribution is 2.36. The van der Waals surface area contributed by atoms with Crippen molar-refractivity contribution < 1.29 is 9.47 Å². The Hall–Kier alpha value is -1.13. The van der Waals surface area contributed by atoms with Crippen molar-refractivity contribution in [3.8, 4) is 11.5 Å². The minimum Gasteiger partial charge on any atom is -0.497 e. The summed E-state index contributed by atoms with van der Waals surface area (Å²) in [6.45, 7) is 0.281. The van der Waals surface area contributed by atoms with Crippen LogP contribution in [-0.4, -0.2) is 13.7 Å². The maximum atomic E-state index is 6.11. The van der Waals surface area contributed by atoms with Gasteiger partial charge in [-0.3, -0.25) is 0 Å². The van der Waals surface area contributed by atoms with E-state index in [0.717, 1.165) is 11.3 Å². The van der Waals surface area contributed by atoms with Gasteiger partial charge in [0.1, 0.15) is 17.6 Å². The van der Waals surface area contributed by atoms with Gasteiger partial charge in [0, 0.05) is 12.6 Å². The summed E-state index contributed by atoms with van der Waals surface area (Å²) in [7, 11) is 1.60. The smallest absolute Gasteiger partial charge is 0.140 e. The molecule has 0 amide bonds. The highest BCUT2D eigenvalue weighted by Gasteiger charge is 2.15. The lowest BCUT2D eigenvalue weighted by atomic mass is 10.1. The lowest BCUT2D eigenvalue weighted by molar-refractivity contribution is 0.214. The summed E-state index contributed by atoms with van der Waals surface area (Å²) in [6, 6.07) is 10.6. The molecule has 1 unspecified atom stereocenters. The zero-order valence-corrected chi connectivity index (χ0v) is 13.5. The SMILES string of the molecule is COc1cccc(C(CN)Oc2cc(Cl)c(Cl)cc2Cl)c1. The van der Waals surface area contributed by atoms with E-state index in [0.29, 0.717) is 20.8 Å². The van der Waals surface area contributed by atoms with E-state index in [9.17, 15) is 0 Å². The van der Waals surface area contributed by atoms with Crippen LogP contribution in [0.5, 0.6) is 11.5 Å². The Morgan fingerprint density at radius 3 is 2.43 bits per heavy atom. The predicted molar refractivity (Wildman–Crippen MR) is 86.9 cm³/mol. The average Bonchev–Trinajstić information content (AvgIpc) is 2.49. The molecule has 0 aliphatic rings. The standard InChI is InChI=1S/C15H14Cl3NO2/c1-20-10-4-2-3-9(5-10)15(8-19)21-14-7-12(17)11(16)6-13(14)18/h2-7,15H,8,19H2,1H3. The lowest BCUT2D eigenvalue weighted by Crippen LogP contribution is -2.18. The summed E-state index contributed by atoms with van der Waals surface area (Å²) < 4.78 is 11.1. The minimum absolute atomic E-state index is 0.281. The second kappa shape index (κ2) is 7.23. The molecule has 2 N–H and O–H groups in total. The molecule has 0 aliphatic heterocycles. The van der Waals surface area contributed by atoms with Crippen LogP contribution in [0.15, 0.2) is 36.4 Å². The number of nitrogens with two attached hydrogens (primary N) is 1. The third-order valence-electron chi connectivity index (χ3n) is 2.92. The Morgan fingerprint density at radius 1 is 1.05 bits per heavy atom. The van der Waals surface area contributed by atoms with Crippen molar-refractivity contribution in [1.82, 2.24) is 0 Å². The number of rotatable bonds is 5. The van der Waals surface area contributed by atoms with Gasteiger partial charge in [0.2, 0.25) is 0 Å². The van der Waals surface area contributed by atoms with Gasteiger partial charge < -0.3 is 15.2 Å². The van der Waals surface area contributed by atoms with Gasteiger partial charge in [-0.15, -0.1) is 0 Å². The van der Waals surface area contributed by atoms with Crippen LogP contribution in [0.4, 0.5) is 0 Å². The number of hydrogen-bond donors (Lipinski definition) is 1. The Labute approximate surface area is 138 Å². The molecule has 0 saturated heterocycles. The molecule has 0 radical (unpaired) electrons. The number of benzene rings is 2. The van der Waals surface area contributed by atoms with E-state index in [2.05, 4.69) is 0 Å². The van der Waals surface area contributed by atoms with Crippen LogP contribution in [0, 0.1) is 0 Å². The first-order chi connectivity index (χ1) is 10.0. The molecule has 1 atom stereocenters. The lowest BCUT2D eigenvalue weighted by Gasteiger charge is -2.19. The van der Waals surface area contributed by atoms with Crippen molar-refractivity contribution in [2.75, 3.05) is 13.7 Å². The molecule has 2 aromatic rings. The Morgan fingerprint density at radius 2 is 1.76 bits per heavy atom. The molecular formula is C15H14Cl3NO2. The Balaban J connectivity index is 2.28. The normalized spacial score (nSPS) is 12.0. The first kappa shape index (κ1) is 16.2. The average molecular weight is 347 g/mol. The van der Waals surface area contributed by atoms with Gasteiger partial charge in [-0.05, 0) is 23.8 Å². The maximum Gasteiger partial charge on any atom is 0.140 e. The van der Waals surface area contributed by atoms with E-state index >= 15 is 0 Å². The number of hydrogen-bond acceptors (Lipinski definition) is 3. The van der Waals surface area contributed by atoms with Crippen molar-refractivity contribution in [1.29, 1.82) is 0 Å². The molecule has 0 bridgehead atoms. The third-order valence-corrected chi connectivity index (χ3v) is 3.94. The molecule has 112 valence electrons. The van der Waals surface area contributed by atoms with Crippen LogP contribution in [0.25, 0.3) is 0 Å². The van der Waals surface area contributed by atoms with Crippen molar-refractivity contribution in [3.05, 3.63) is 57.0 Å². The zero-order valence-electron chi connectivity index (χ0n) is 11.3. The van der Waals surface area contributed by atoms with E-state index in [1.54, 1.807) is 19.2 Å². The van der Waals surface area contributed by atoms with Crippen molar-refractivity contribution in [2.45, 2.75) is 6.10 Å². The second-order valence-corrected chi connectivity index (χ2v) is 5.54. The van der Waals surface area contributed by atoms with Crippen molar-refractivity contribution >= 4 is 34.8 Å². The van der Waals surface area contributed by atoms with Gasteiger partial charge in [0.15, 0.2) is 0 Å². The molecule has 2 rings (SSSR count). The van der Waals surface area contributed by atoms with E-state index in [1.165, 1.54) is 0 Å². The van der Waals surface area contributed by atoms with Crippen LogP contribution in [0.3, 0.4) is 0 Å². The van der Waals surface area contributed by atoms with Gasteiger partial charge in [-0.2, -0.15) is 0 Å². The first-order valence-electron chi connectivity index (χ1n) is 6.20. The van der Waals surface area contributed by atoms with E-state index in [-0.39, 0.29) is 12.6 Å². The monoisotopic (exact) mass is 345 g/mol. The molecule has 0 aromatic heterocycles. The van der Waals surface area contributed by atoms with Crippen LogP contribution < -0.4 is 15.2 Å². The van der Waals surface area contributed by atoms with Crippen LogP contribution in [0.2, 0.25) is 15.1 Å². The predicted octanol–water partition coefficient (Wildman–Crippen LogP) is 4.73. The molecule has 2 aromatic carbocycles. The van der Waals surface area contributed by atoms with Gasteiger partial charge in [0.25, 0.3) is 0 Å². The first-order valence-corrected chi connectivity index (χ1v) is 7.33. The van der Waals surface area contributed by atoms with Gasteiger partial charge in [-0.1, -0.05) is 46.9 Å². The van der Waals surface area contributed by atoms with E-state index in [1.807, 2.05) is 24.3 Å².